The number of carbonyl (C=O) groups excluding carboxylic acids is 1. The standard InChI is InChI=1S/C15H18N4O/c1-3-16-15(20)13-9-12(6-8-18-13)19-10-14-11(2)5-4-7-17-14/h4-9H,3,10H2,1-2H3,(H,16,20)(H,18,19). The molecule has 0 atom stereocenters. The van der Waals surface area contributed by atoms with Gasteiger partial charge in [0.15, 0.2) is 0 Å². The minimum absolute atomic E-state index is 0.162. The minimum atomic E-state index is -0.162. The summed E-state index contributed by atoms with van der Waals surface area (Å²) in [4.78, 5) is 20.1. The van der Waals surface area contributed by atoms with Crippen molar-refractivity contribution in [2.24, 2.45) is 0 Å². The lowest BCUT2D eigenvalue weighted by Crippen LogP contribution is -2.23. The van der Waals surface area contributed by atoms with Crippen molar-refractivity contribution in [1.29, 1.82) is 0 Å². The Morgan fingerprint density at radius 3 is 2.85 bits per heavy atom. The Kier molecular flexibility index (Phi) is 4.65. The van der Waals surface area contributed by atoms with E-state index in [2.05, 4.69) is 20.6 Å². The maximum absolute atomic E-state index is 11.7. The van der Waals surface area contributed by atoms with Crippen LogP contribution in [0.3, 0.4) is 0 Å². The summed E-state index contributed by atoms with van der Waals surface area (Å²) in [6.45, 7) is 5.11. The van der Waals surface area contributed by atoms with Crippen molar-refractivity contribution in [2.75, 3.05) is 11.9 Å². The summed E-state index contributed by atoms with van der Waals surface area (Å²) < 4.78 is 0. The lowest BCUT2D eigenvalue weighted by molar-refractivity contribution is 0.0951. The zero-order chi connectivity index (χ0) is 14.4. The van der Waals surface area contributed by atoms with E-state index in [0.29, 0.717) is 18.8 Å². The molecule has 2 N–H and O–H groups in total. The number of aryl methyl sites for hydroxylation is 1. The van der Waals surface area contributed by atoms with Crippen LogP contribution in [0.4, 0.5) is 5.69 Å². The van der Waals surface area contributed by atoms with E-state index < -0.39 is 0 Å². The van der Waals surface area contributed by atoms with Crippen molar-refractivity contribution >= 4 is 11.6 Å². The highest BCUT2D eigenvalue weighted by atomic mass is 16.1. The lowest BCUT2D eigenvalue weighted by Gasteiger charge is -2.09. The van der Waals surface area contributed by atoms with Crippen LogP contribution < -0.4 is 10.6 Å². The molecule has 2 aromatic rings. The number of aromatic nitrogens is 2. The molecule has 20 heavy (non-hydrogen) atoms. The Balaban J connectivity index is 2.05. The zero-order valence-electron chi connectivity index (χ0n) is 11.7. The molecule has 104 valence electrons. The summed E-state index contributed by atoms with van der Waals surface area (Å²) in [7, 11) is 0. The van der Waals surface area contributed by atoms with Crippen molar-refractivity contribution in [1.82, 2.24) is 15.3 Å². The van der Waals surface area contributed by atoms with Crippen LogP contribution in [0, 0.1) is 6.92 Å². The molecule has 0 bridgehead atoms. The van der Waals surface area contributed by atoms with E-state index >= 15 is 0 Å². The molecular weight excluding hydrogens is 252 g/mol. The van der Waals surface area contributed by atoms with Gasteiger partial charge in [0.25, 0.3) is 5.91 Å². The molecule has 0 unspecified atom stereocenters. The normalized spacial score (nSPS) is 10.1. The van der Waals surface area contributed by atoms with E-state index in [1.54, 1.807) is 18.5 Å². The number of rotatable bonds is 5. The second-order valence-corrected chi connectivity index (χ2v) is 4.41. The van der Waals surface area contributed by atoms with Crippen LogP contribution >= 0.6 is 0 Å². The average molecular weight is 270 g/mol. The van der Waals surface area contributed by atoms with Gasteiger partial charge in [-0.2, -0.15) is 0 Å². The SMILES string of the molecule is CCNC(=O)c1cc(NCc2ncccc2C)ccn1. The highest BCUT2D eigenvalue weighted by Gasteiger charge is 2.06. The molecule has 2 aromatic heterocycles. The van der Waals surface area contributed by atoms with Crippen molar-refractivity contribution in [3.63, 3.8) is 0 Å². The summed E-state index contributed by atoms with van der Waals surface area (Å²) in [5.41, 5.74) is 3.39. The monoisotopic (exact) mass is 270 g/mol. The fourth-order valence-electron chi connectivity index (χ4n) is 1.81. The highest BCUT2D eigenvalue weighted by molar-refractivity contribution is 5.93. The van der Waals surface area contributed by atoms with E-state index in [1.807, 2.05) is 32.0 Å². The van der Waals surface area contributed by atoms with Gasteiger partial charge in [0.05, 0.1) is 12.2 Å². The van der Waals surface area contributed by atoms with Crippen molar-refractivity contribution in [2.45, 2.75) is 20.4 Å². The Morgan fingerprint density at radius 1 is 1.25 bits per heavy atom. The first-order chi connectivity index (χ1) is 9.70. The molecule has 2 rings (SSSR count). The van der Waals surface area contributed by atoms with E-state index in [1.165, 1.54) is 0 Å². The molecule has 0 radical (unpaired) electrons. The fourth-order valence-corrected chi connectivity index (χ4v) is 1.81. The van der Waals surface area contributed by atoms with Gasteiger partial charge in [-0.25, -0.2) is 0 Å². The minimum Gasteiger partial charge on any atom is -0.379 e. The molecule has 0 aliphatic carbocycles. The molecule has 0 fully saturated rings. The number of nitrogens with zero attached hydrogens (tertiary/aromatic N) is 2. The van der Waals surface area contributed by atoms with Gasteiger partial charge >= 0.3 is 0 Å². The lowest BCUT2D eigenvalue weighted by atomic mass is 10.2. The maximum Gasteiger partial charge on any atom is 0.269 e. The number of pyridine rings is 2. The van der Waals surface area contributed by atoms with Crippen LogP contribution in [-0.4, -0.2) is 22.4 Å². The Bertz CT molecular complexity index is 598. The van der Waals surface area contributed by atoms with Gasteiger partial charge < -0.3 is 10.6 Å². The zero-order valence-corrected chi connectivity index (χ0v) is 11.7. The van der Waals surface area contributed by atoms with Gasteiger partial charge in [0.2, 0.25) is 0 Å². The molecule has 0 spiro atoms. The van der Waals surface area contributed by atoms with Crippen molar-refractivity contribution in [3.05, 3.63) is 53.6 Å². The quantitative estimate of drug-likeness (QED) is 0.873. The maximum atomic E-state index is 11.7. The number of carbonyl (C=O) groups is 1. The Morgan fingerprint density at radius 2 is 2.10 bits per heavy atom. The second-order valence-electron chi connectivity index (χ2n) is 4.41. The third-order valence-corrected chi connectivity index (χ3v) is 2.91. The number of nitrogens with one attached hydrogen (secondary N) is 2. The second kappa shape index (κ2) is 6.65. The highest BCUT2D eigenvalue weighted by Crippen LogP contribution is 2.11. The van der Waals surface area contributed by atoms with E-state index in [-0.39, 0.29) is 5.91 Å². The van der Waals surface area contributed by atoms with Crippen LogP contribution in [0.2, 0.25) is 0 Å². The molecule has 0 saturated heterocycles. The predicted molar refractivity (Wildman–Crippen MR) is 78.5 cm³/mol. The summed E-state index contributed by atoms with van der Waals surface area (Å²) >= 11 is 0. The smallest absolute Gasteiger partial charge is 0.269 e. The first-order valence-electron chi connectivity index (χ1n) is 6.59. The average Bonchev–Trinajstić information content (AvgIpc) is 2.47. The molecule has 5 nitrogen and oxygen atoms in total. The van der Waals surface area contributed by atoms with E-state index in [0.717, 1.165) is 16.9 Å². The first-order valence-corrected chi connectivity index (χ1v) is 6.59. The Labute approximate surface area is 118 Å². The number of hydrogen-bond acceptors (Lipinski definition) is 4. The van der Waals surface area contributed by atoms with E-state index in [4.69, 9.17) is 0 Å². The van der Waals surface area contributed by atoms with Crippen LogP contribution in [-0.2, 0) is 6.54 Å². The molecule has 0 aliphatic rings. The predicted octanol–water partition coefficient (Wildman–Crippen LogP) is 2.15. The van der Waals surface area contributed by atoms with Crippen LogP contribution in [0.5, 0.6) is 0 Å². The third-order valence-electron chi connectivity index (χ3n) is 2.91. The topological polar surface area (TPSA) is 66.9 Å². The molecule has 0 aromatic carbocycles. The van der Waals surface area contributed by atoms with Gasteiger partial charge in [0.1, 0.15) is 5.69 Å². The van der Waals surface area contributed by atoms with Gasteiger partial charge in [-0.3, -0.25) is 14.8 Å². The number of hydrogen-bond donors (Lipinski definition) is 2. The largest absolute Gasteiger partial charge is 0.379 e. The van der Waals surface area contributed by atoms with Crippen LogP contribution in [0.1, 0.15) is 28.7 Å². The molecule has 1 amide bonds. The summed E-state index contributed by atoms with van der Waals surface area (Å²) in [5.74, 6) is -0.162. The van der Waals surface area contributed by atoms with Gasteiger partial charge in [-0.1, -0.05) is 6.07 Å². The molecule has 0 aliphatic heterocycles. The van der Waals surface area contributed by atoms with Crippen molar-refractivity contribution in [3.8, 4) is 0 Å². The first kappa shape index (κ1) is 14.0. The van der Waals surface area contributed by atoms with Crippen molar-refractivity contribution < 1.29 is 4.79 Å². The summed E-state index contributed by atoms with van der Waals surface area (Å²) in [6.07, 6.45) is 3.40. The van der Waals surface area contributed by atoms with Crippen LogP contribution in [0.15, 0.2) is 36.7 Å². The molecule has 0 saturated carbocycles. The summed E-state index contributed by atoms with van der Waals surface area (Å²) in [5, 5.41) is 5.99. The summed E-state index contributed by atoms with van der Waals surface area (Å²) in [6, 6.07) is 7.51. The molecular formula is C15H18N4O. The molecule has 2 heterocycles. The number of amides is 1. The third kappa shape index (κ3) is 3.54. The van der Waals surface area contributed by atoms with Crippen LogP contribution in [0.25, 0.3) is 0 Å². The van der Waals surface area contributed by atoms with Gasteiger partial charge in [-0.15, -0.1) is 0 Å². The van der Waals surface area contributed by atoms with Gasteiger partial charge in [0, 0.05) is 24.6 Å². The van der Waals surface area contributed by atoms with E-state index in [9.17, 15) is 4.79 Å². The Hall–Kier alpha value is -2.43. The number of anilines is 1. The van der Waals surface area contributed by atoms with Gasteiger partial charge in [-0.05, 0) is 37.6 Å². The fraction of sp³-hybridized carbons (Fsp3) is 0.267. The molecule has 5 heteroatoms.